The second kappa shape index (κ2) is 13.5. The topological polar surface area (TPSA) is 121 Å². The van der Waals surface area contributed by atoms with Crippen molar-refractivity contribution in [1.82, 2.24) is 4.57 Å². The highest BCUT2D eigenvalue weighted by atomic mass is 16.5. The number of hydrogen-bond acceptors (Lipinski definition) is 5. The summed E-state index contributed by atoms with van der Waals surface area (Å²) in [5.74, 6) is -2.89. The van der Waals surface area contributed by atoms with E-state index in [2.05, 4.69) is 90.5 Å². The first kappa shape index (κ1) is 29.9. The van der Waals surface area contributed by atoms with Crippen molar-refractivity contribution in [2.75, 3.05) is 19.0 Å². The number of ether oxygens (including phenoxy) is 1. The van der Waals surface area contributed by atoms with Crippen molar-refractivity contribution in [3.05, 3.63) is 108 Å². The van der Waals surface area contributed by atoms with E-state index in [1.165, 1.54) is 27.6 Å². The quantitative estimate of drug-likeness (QED) is 0.164. The number of aryl methyl sites for hydroxylation is 2. The van der Waals surface area contributed by atoms with Gasteiger partial charge < -0.3 is 29.9 Å². The Bertz CT molecular complexity index is 1670. The van der Waals surface area contributed by atoms with Crippen LogP contribution in [0.4, 0.5) is 5.69 Å². The van der Waals surface area contributed by atoms with Crippen LogP contribution in [0.2, 0.25) is 0 Å². The van der Waals surface area contributed by atoms with Crippen LogP contribution in [-0.2, 0) is 16.1 Å². The number of aromatic nitrogens is 1. The number of aliphatic hydroxyl groups is 1. The number of aliphatic carboxylic acids is 2. The Labute approximate surface area is 244 Å². The van der Waals surface area contributed by atoms with Gasteiger partial charge in [-0.25, -0.2) is 9.59 Å². The molecule has 0 saturated heterocycles. The zero-order chi connectivity index (χ0) is 30.2. The number of aliphatic hydroxyl groups excluding tert-OH is 1. The van der Waals surface area contributed by atoms with Gasteiger partial charge in [0.2, 0.25) is 0 Å². The SMILES string of the molecule is COc1ccccc1NCC(O)Cn1c(-c2ccccc2)c(-c2ccccc2)c2cc(C)cc(C)c21.O=C(O)C(=O)O. The van der Waals surface area contributed by atoms with Crippen molar-refractivity contribution in [3.8, 4) is 28.1 Å². The Balaban J connectivity index is 0.000000612. The number of carboxylic acid groups (broad SMARTS) is 2. The molecule has 0 bridgehead atoms. The number of carbonyl (C=O) groups is 2. The Morgan fingerprint density at radius 2 is 1.40 bits per heavy atom. The lowest BCUT2D eigenvalue weighted by molar-refractivity contribution is -0.159. The largest absolute Gasteiger partial charge is 0.495 e. The van der Waals surface area contributed by atoms with E-state index in [0.717, 1.165) is 28.2 Å². The first-order valence-corrected chi connectivity index (χ1v) is 13.5. The Kier molecular flexibility index (Phi) is 9.62. The molecule has 1 unspecified atom stereocenters. The molecule has 8 heteroatoms. The van der Waals surface area contributed by atoms with E-state index in [1.54, 1.807) is 7.11 Å². The number of rotatable bonds is 8. The monoisotopic (exact) mass is 566 g/mol. The number of benzene rings is 4. The van der Waals surface area contributed by atoms with Gasteiger partial charge in [0.25, 0.3) is 0 Å². The highest BCUT2D eigenvalue weighted by molar-refractivity contribution is 6.27. The molecular weight excluding hydrogens is 532 g/mol. The maximum atomic E-state index is 11.3. The highest BCUT2D eigenvalue weighted by Crippen LogP contribution is 2.42. The van der Waals surface area contributed by atoms with Crippen LogP contribution in [0.25, 0.3) is 33.3 Å². The third kappa shape index (κ3) is 6.79. The van der Waals surface area contributed by atoms with E-state index < -0.39 is 18.0 Å². The first-order valence-electron chi connectivity index (χ1n) is 13.5. The number of methoxy groups -OCH3 is 1. The predicted octanol–water partition coefficient (Wildman–Crippen LogP) is 6.23. The van der Waals surface area contributed by atoms with Crippen LogP contribution >= 0.6 is 0 Å². The van der Waals surface area contributed by atoms with Gasteiger partial charge in [-0.2, -0.15) is 0 Å². The van der Waals surface area contributed by atoms with Crippen LogP contribution in [0.5, 0.6) is 5.75 Å². The van der Waals surface area contributed by atoms with Gasteiger partial charge >= 0.3 is 11.9 Å². The van der Waals surface area contributed by atoms with Crippen LogP contribution in [0.1, 0.15) is 11.1 Å². The molecule has 0 amide bonds. The average Bonchev–Trinajstić information content (AvgIpc) is 3.31. The molecule has 0 aliphatic carbocycles. The van der Waals surface area contributed by atoms with E-state index in [4.69, 9.17) is 24.5 Å². The zero-order valence-corrected chi connectivity index (χ0v) is 23.7. The van der Waals surface area contributed by atoms with Gasteiger partial charge in [0.15, 0.2) is 0 Å². The minimum absolute atomic E-state index is 0.403. The molecule has 0 fully saturated rings. The Morgan fingerprint density at radius 3 is 2.00 bits per heavy atom. The van der Waals surface area contributed by atoms with Crippen LogP contribution in [-0.4, -0.2) is 51.6 Å². The van der Waals surface area contributed by atoms with Gasteiger partial charge in [-0.1, -0.05) is 84.4 Å². The summed E-state index contributed by atoms with van der Waals surface area (Å²) in [7, 11) is 1.66. The molecule has 0 saturated carbocycles. The van der Waals surface area contributed by atoms with Gasteiger partial charge in [0.1, 0.15) is 5.75 Å². The van der Waals surface area contributed by atoms with Gasteiger partial charge in [0.05, 0.1) is 36.7 Å². The number of nitrogens with zero attached hydrogens (tertiary/aromatic N) is 1. The molecule has 1 aromatic heterocycles. The molecule has 0 aliphatic heterocycles. The molecule has 8 nitrogen and oxygen atoms in total. The summed E-state index contributed by atoms with van der Waals surface area (Å²) >= 11 is 0. The fourth-order valence-electron chi connectivity index (χ4n) is 5.15. The second-order valence-corrected chi connectivity index (χ2v) is 9.89. The number of anilines is 1. The number of nitrogens with one attached hydrogen (secondary N) is 1. The van der Waals surface area contributed by atoms with Crippen molar-refractivity contribution in [2.24, 2.45) is 0 Å². The molecule has 0 spiro atoms. The third-order valence-electron chi connectivity index (χ3n) is 6.81. The minimum Gasteiger partial charge on any atom is -0.495 e. The molecule has 4 N–H and O–H groups in total. The Hall–Kier alpha value is -5.08. The normalized spacial score (nSPS) is 11.3. The lowest BCUT2D eigenvalue weighted by atomic mass is 9.97. The van der Waals surface area contributed by atoms with Crippen LogP contribution in [0, 0.1) is 13.8 Å². The summed E-state index contributed by atoms with van der Waals surface area (Å²) in [6.45, 7) is 5.17. The zero-order valence-electron chi connectivity index (χ0n) is 23.7. The summed E-state index contributed by atoms with van der Waals surface area (Å²) in [6.07, 6.45) is -0.614. The lowest BCUT2D eigenvalue weighted by Crippen LogP contribution is -2.25. The molecule has 42 heavy (non-hydrogen) atoms. The number of hydrogen-bond donors (Lipinski definition) is 4. The van der Waals surface area contributed by atoms with E-state index in [9.17, 15) is 5.11 Å². The molecule has 1 heterocycles. The van der Waals surface area contributed by atoms with Crippen LogP contribution in [0.3, 0.4) is 0 Å². The van der Waals surface area contributed by atoms with Crippen molar-refractivity contribution >= 4 is 28.5 Å². The summed E-state index contributed by atoms with van der Waals surface area (Å²) in [5.41, 5.74) is 9.10. The summed E-state index contributed by atoms with van der Waals surface area (Å²) in [5, 5.41) is 30.6. The predicted molar refractivity (Wildman–Crippen MR) is 165 cm³/mol. The summed E-state index contributed by atoms with van der Waals surface area (Å²) < 4.78 is 7.76. The molecule has 4 aromatic carbocycles. The molecular formula is C34H34N2O6. The van der Waals surface area contributed by atoms with Gasteiger partial charge in [-0.05, 0) is 48.7 Å². The highest BCUT2D eigenvalue weighted by Gasteiger charge is 2.23. The van der Waals surface area contributed by atoms with Gasteiger partial charge in [-0.15, -0.1) is 0 Å². The summed E-state index contributed by atoms with van der Waals surface area (Å²) in [6, 6.07) is 33.3. The average molecular weight is 567 g/mol. The van der Waals surface area contributed by atoms with Gasteiger partial charge in [0, 0.05) is 17.5 Å². The number of carboxylic acids is 2. The van der Waals surface area contributed by atoms with E-state index >= 15 is 0 Å². The van der Waals surface area contributed by atoms with E-state index in [1.807, 2.05) is 30.3 Å². The molecule has 5 rings (SSSR count). The fraction of sp³-hybridized carbons (Fsp3) is 0.176. The number of para-hydroxylation sites is 2. The fourth-order valence-corrected chi connectivity index (χ4v) is 5.15. The summed E-state index contributed by atoms with van der Waals surface area (Å²) in [4.78, 5) is 18.2. The molecule has 1 atom stereocenters. The maximum Gasteiger partial charge on any atom is 0.414 e. The minimum atomic E-state index is -1.82. The van der Waals surface area contributed by atoms with Crippen molar-refractivity contribution in [3.63, 3.8) is 0 Å². The van der Waals surface area contributed by atoms with Crippen molar-refractivity contribution in [1.29, 1.82) is 0 Å². The molecule has 5 aromatic rings. The van der Waals surface area contributed by atoms with Crippen molar-refractivity contribution < 1.29 is 29.6 Å². The van der Waals surface area contributed by atoms with E-state index in [0.29, 0.717) is 13.1 Å². The maximum absolute atomic E-state index is 11.3. The molecule has 0 aliphatic rings. The van der Waals surface area contributed by atoms with Crippen molar-refractivity contribution in [2.45, 2.75) is 26.5 Å². The lowest BCUT2D eigenvalue weighted by Gasteiger charge is -2.19. The molecule has 216 valence electrons. The van der Waals surface area contributed by atoms with Gasteiger partial charge in [-0.3, -0.25) is 0 Å². The Morgan fingerprint density at radius 1 is 0.833 bits per heavy atom. The smallest absolute Gasteiger partial charge is 0.414 e. The number of fused-ring (bicyclic) bond motifs is 1. The second-order valence-electron chi connectivity index (χ2n) is 9.89. The van der Waals surface area contributed by atoms with E-state index in [-0.39, 0.29) is 0 Å². The first-order chi connectivity index (χ1) is 20.2. The standard InChI is InChI=1S/C32H32N2O2.C2H2O4/c1-22-18-23(2)31-27(19-22)30(24-12-6-4-7-13-24)32(25-14-8-5-9-15-25)34(31)21-26(35)20-33-28-16-10-11-17-29(28)36-3;3-1(4)2(5)6/h4-19,26,33,35H,20-21H2,1-3H3;(H,3,4)(H,5,6). The van der Waals surface area contributed by atoms with Crippen LogP contribution < -0.4 is 10.1 Å². The van der Waals surface area contributed by atoms with Crippen LogP contribution in [0.15, 0.2) is 97.1 Å². The molecule has 0 radical (unpaired) electrons. The third-order valence-corrected chi connectivity index (χ3v) is 6.81.